The largest absolute Gasteiger partial charge is 0.394 e. The van der Waals surface area contributed by atoms with Gasteiger partial charge >= 0.3 is 0 Å². The molecule has 0 radical (unpaired) electrons. The van der Waals surface area contributed by atoms with Crippen molar-refractivity contribution in [2.24, 2.45) is 5.92 Å². The molecular formula is C52H90O40S. The summed E-state index contributed by atoms with van der Waals surface area (Å²) < 4.78 is 94.3. The van der Waals surface area contributed by atoms with Crippen molar-refractivity contribution in [3.05, 3.63) is 0 Å². The maximum atomic E-state index is 12.2. The molecule has 93 heavy (non-hydrogen) atoms. The quantitative estimate of drug-likeness (QED) is 0.0282. The number of ether oxygens (including phenoxy) is 16. The summed E-state index contributed by atoms with van der Waals surface area (Å²) in [6.45, 7) is -6.77. The third-order valence-electron chi connectivity index (χ3n) is 17.5. The average molecular weight is 1390 g/mol. The van der Waals surface area contributed by atoms with Crippen LogP contribution in [-0.4, -0.2) is 427 Å². The molecule has 8 rings (SSSR count). The van der Waals surface area contributed by atoms with Crippen molar-refractivity contribution in [2.45, 2.75) is 253 Å². The Labute approximate surface area is 533 Å². The SMILES string of the molecule is CC1[C@@H](OC2[C@H](O[C@@H]3C(CO[C@@H]4OC(CO)[C@@H](O)C(O)[C@@H]4O[C@H]4OC(CO)[C@@H](O[C@@H]5OC(CO)[C@H](O[C@H]6OC(CO)[C@H](O)[C@H](O)C6O)[C@H](O)C5O)[C@H](O)C4O)O[C@H](OCCCS)C(O)[C@H]3O[C@@H]3OC(CO)[C@@H](O)[C@H](O)C3O)OC(CO)[C@@H](O)[C@@H]2O)OC(CO)[C@@H](O)[C@@H]1O. The molecule has 24 N–H and O–H groups in total. The average Bonchev–Trinajstić information content (AvgIpc) is 0.800. The minimum atomic E-state index is -2.33. The maximum Gasteiger partial charge on any atom is 0.187 e. The topological polar surface area (TPSA) is 633 Å². The van der Waals surface area contributed by atoms with E-state index < -0.39 is 298 Å². The van der Waals surface area contributed by atoms with Crippen LogP contribution in [0.1, 0.15) is 13.3 Å². The van der Waals surface area contributed by atoms with Crippen molar-refractivity contribution < 1.29 is 198 Å². The Morgan fingerprint density at radius 3 is 0.989 bits per heavy atom. The third-order valence-corrected chi connectivity index (χ3v) is 17.9. The summed E-state index contributed by atoms with van der Waals surface area (Å²) in [7, 11) is 0. The van der Waals surface area contributed by atoms with E-state index in [0.717, 1.165) is 0 Å². The highest BCUT2D eigenvalue weighted by Gasteiger charge is 2.60. The molecule has 0 saturated carbocycles. The fourth-order valence-electron chi connectivity index (χ4n) is 11.9. The van der Waals surface area contributed by atoms with E-state index in [0.29, 0.717) is 0 Å². The molecule has 0 aromatic carbocycles. The summed E-state index contributed by atoms with van der Waals surface area (Å²) in [5.74, 6) is -0.954. The van der Waals surface area contributed by atoms with Gasteiger partial charge in [-0.25, -0.2) is 0 Å². The van der Waals surface area contributed by atoms with Crippen molar-refractivity contribution >= 4 is 12.6 Å². The predicted molar refractivity (Wildman–Crippen MR) is 290 cm³/mol. The first-order valence-corrected chi connectivity index (χ1v) is 30.7. The molecule has 40 atom stereocenters. The van der Waals surface area contributed by atoms with Crippen LogP contribution in [0.5, 0.6) is 0 Å². The molecule has 16 unspecified atom stereocenters. The van der Waals surface area contributed by atoms with E-state index in [4.69, 9.17) is 75.8 Å². The van der Waals surface area contributed by atoms with Crippen molar-refractivity contribution in [3.8, 4) is 0 Å². The Hall–Kier alpha value is -1.25. The summed E-state index contributed by atoms with van der Waals surface area (Å²) in [6, 6.07) is 0. The molecule has 40 nitrogen and oxygen atoms in total. The number of rotatable bonds is 26. The molecule has 544 valence electrons. The van der Waals surface area contributed by atoms with Gasteiger partial charge in [-0.2, -0.15) is 12.6 Å². The first-order valence-electron chi connectivity index (χ1n) is 30.1. The fourth-order valence-corrected chi connectivity index (χ4v) is 12.0. The molecule has 8 saturated heterocycles. The minimum absolute atomic E-state index is 0.208. The van der Waals surface area contributed by atoms with Crippen molar-refractivity contribution in [3.63, 3.8) is 0 Å². The summed E-state index contributed by atoms with van der Waals surface area (Å²) >= 11 is 4.19. The summed E-state index contributed by atoms with van der Waals surface area (Å²) in [4.78, 5) is 0. The second-order valence-electron chi connectivity index (χ2n) is 23.7. The standard InChI is InChI=1S/C52H90O40S/c1-13-22(60)23(61)14(5-53)79-45(13)91-44-31(69)27(65)18(9-57)83-52(44)89-41-21(86-46(77-3-2-4-93)38(76)42(41)90-48-35(73)29(67)25(63)16(7-55)81-48)12-78-51-43(30(68)26(64)17(8-56)82-51)92-50-37(75)33(71)40(20(11-59)85-50)88-49-36(74)32(70)39(19(10-58)84-49)87-47-34(72)28(66)24(62)15(6-54)80-47/h13-76,93H,2-12H2,1H3/t13?,14?,15?,16?,17?,18?,19?,20?,21?,22-,23-,24+,25-,26-,27-,28+,29+,30?,31+,32-,33-,34?,35?,36?,37?,38?,39+,40-,41-,42-,43+,44?,45-,46+,47-,48+,49+,50-,51-,52+/m1/s1. The Bertz CT molecular complexity index is 2210. The lowest BCUT2D eigenvalue weighted by molar-refractivity contribution is -0.405. The Morgan fingerprint density at radius 1 is 0.258 bits per heavy atom. The summed E-state index contributed by atoms with van der Waals surface area (Å²) in [5, 5.41) is 260. The van der Waals surface area contributed by atoms with Gasteiger partial charge in [0.1, 0.15) is 183 Å². The van der Waals surface area contributed by atoms with E-state index in [9.17, 15) is 123 Å². The molecule has 0 amide bonds. The molecule has 0 aromatic rings. The van der Waals surface area contributed by atoms with E-state index in [-0.39, 0.29) is 18.8 Å². The third kappa shape index (κ3) is 16.7. The molecule has 8 fully saturated rings. The number of thiol groups is 1. The Morgan fingerprint density at radius 2 is 0.559 bits per heavy atom. The lowest BCUT2D eigenvalue weighted by atomic mass is 9.92. The Kier molecular flexibility index (Phi) is 28.7. The lowest BCUT2D eigenvalue weighted by Gasteiger charge is -2.51. The number of aliphatic hydroxyl groups is 24. The van der Waals surface area contributed by atoms with Gasteiger partial charge in [0.15, 0.2) is 50.3 Å². The van der Waals surface area contributed by atoms with Gasteiger partial charge in [0.05, 0.1) is 65.6 Å². The predicted octanol–water partition coefficient (Wildman–Crippen LogP) is -15.8. The molecule has 0 bridgehead atoms. The van der Waals surface area contributed by atoms with Crippen LogP contribution in [0.2, 0.25) is 0 Å². The van der Waals surface area contributed by atoms with Crippen LogP contribution < -0.4 is 0 Å². The normalized spacial score (nSPS) is 51.8. The van der Waals surface area contributed by atoms with Crippen LogP contribution in [0.3, 0.4) is 0 Å². The lowest BCUT2D eigenvalue weighted by Crippen LogP contribution is -2.68. The molecule has 8 aliphatic rings. The zero-order valence-electron chi connectivity index (χ0n) is 49.6. The zero-order valence-corrected chi connectivity index (χ0v) is 50.5. The van der Waals surface area contributed by atoms with Crippen molar-refractivity contribution in [1.29, 1.82) is 0 Å². The fraction of sp³-hybridized carbons (Fsp3) is 1.00. The molecule has 0 aromatic heterocycles. The van der Waals surface area contributed by atoms with Crippen LogP contribution in [-0.2, 0) is 75.8 Å². The van der Waals surface area contributed by atoms with Gasteiger partial charge in [0.25, 0.3) is 0 Å². The van der Waals surface area contributed by atoms with Crippen LogP contribution in [0.4, 0.5) is 0 Å². The first kappa shape index (κ1) is 77.5. The van der Waals surface area contributed by atoms with Crippen LogP contribution in [0.25, 0.3) is 0 Å². The van der Waals surface area contributed by atoms with Crippen LogP contribution in [0.15, 0.2) is 0 Å². The zero-order chi connectivity index (χ0) is 68.2. The van der Waals surface area contributed by atoms with Gasteiger partial charge in [-0.1, -0.05) is 6.92 Å². The van der Waals surface area contributed by atoms with Gasteiger partial charge in [0.2, 0.25) is 0 Å². The van der Waals surface area contributed by atoms with Crippen molar-refractivity contribution in [2.75, 3.05) is 65.2 Å². The monoisotopic (exact) mass is 1390 g/mol. The summed E-state index contributed by atoms with van der Waals surface area (Å²) in [6.07, 6.45) is -75.9. The number of hydrogen-bond donors (Lipinski definition) is 25. The van der Waals surface area contributed by atoms with E-state index in [1.54, 1.807) is 0 Å². The van der Waals surface area contributed by atoms with Gasteiger partial charge in [-0.05, 0) is 12.2 Å². The highest BCUT2D eigenvalue weighted by Crippen LogP contribution is 2.40. The highest BCUT2D eigenvalue weighted by atomic mass is 32.1. The molecule has 41 heteroatoms. The number of aliphatic hydroxyl groups excluding tert-OH is 24. The molecule has 0 spiro atoms. The molecule has 0 aliphatic carbocycles. The maximum absolute atomic E-state index is 12.2. The molecular weight excluding hydrogens is 1300 g/mol. The van der Waals surface area contributed by atoms with Crippen LogP contribution in [0, 0.1) is 5.92 Å². The van der Waals surface area contributed by atoms with Gasteiger partial charge in [0, 0.05) is 5.92 Å². The van der Waals surface area contributed by atoms with Gasteiger partial charge in [-0.3, -0.25) is 0 Å². The Balaban J connectivity index is 1.07. The number of hydrogen-bond acceptors (Lipinski definition) is 41. The van der Waals surface area contributed by atoms with E-state index in [2.05, 4.69) is 12.6 Å². The highest BCUT2D eigenvalue weighted by molar-refractivity contribution is 7.80. The van der Waals surface area contributed by atoms with E-state index >= 15 is 0 Å². The summed E-state index contributed by atoms with van der Waals surface area (Å²) in [5.41, 5.74) is 0. The van der Waals surface area contributed by atoms with Crippen molar-refractivity contribution in [1.82, 2.24) is 0 Å². The molecule has 8 aliphatic heterocycles. The van der Waals surface area contributed by atoms with Gasteiger partial charge < -0.3 is 198 Å². The second kappa shape index (κ2) is 34.4. The molecule has 8 heterocycles. The smallest absolute Gasteiger partial charge is 0.187 e. The van der Waals surface area contributed by atoms with E-state index in [1.165, 1.54) is 6.92 Å². The minimum Gasteiger partial charge on any atom is -0.394 e. The first-order chi connectivity index (χ1) is 44.2. The van der Waals surface area contributed by atoms with Crippen LogP contribution >= 0.6 is 12.6 Å². The van der Waals surface area contributed by atoms with E-state index in [1.807, 2.05) is 0 Å². The van der Waals surface area contributed by atoms with Gasteiger partial charge in [-0.15, -0.1) is 0 Å². The second-order valence-corrected chi connectivity index (χ2v) is 24.2.